The Hall–Kier alpha value is -2.82. The Morgan fingerprint density at radius 3 is 2.74 bits per heavy atom. The first-order chi connectivity index (χ1) is 20.3. The number of phenols is 1. The summed E-state index contributed by atoms with van der Waals surface area (Å²) in [6, 6.07) is 3.83. The summed E-state index contributed by atoms with van der Waals surface area (Å²) in [4.78, 5) is 18.4. The Balaban J connectivity index is 1.23. The summed E-state index contributed by atoms with van der Waals surface area (Å²) in [6.07, 6.45) is 6.18. The zero-order valence-electron chi connectivity index (χ0n) is 23.6. The van der Waals surface area contributed by atoms with Gasteiger partial charge in [-0.05, 0) is 68.2 Å². The van der Waals surface area contributed by atoms with Crippen LogP contribution in [-0.2, 0) is 0 Å². The molecule has 0 spiro atoms. The van der Waals surface area contributed by atoms with Crippen LogP contribution in [-0.4, -0.2) is 81.5 Å². The number of piperazine rings is 1. The van der Waals surface area contributed by atoms with Gasteiger partial charge in [-0.25, -0.2) is 8.78 Å². The number of rotatable bonds is 6. The molecule has 6 atom stereocenters. The molecule has 42 heavy (non-hydrogen) atoms. The van der Waals surface area contributed by atoms with E-state index in [2.05, 4.69) is 32.0 Å². The van der Waals surface area contributed by atoms with Crippen molar-refractivity contribution in [1.82, 2.24) is 25.2 Å². The fourth-order valence-corrected chi connectivity index (χ4v) is 8.39. The zero-order valence-corrected chi connectivity index (χ0v) is 24.4. The summed E-state index contributed by atoms with van der Waals surface area (Å²) in [6.45, 7) is 5.17. The number of ether oxygens (including phenoxy) is 1. The van der Waals surface area contributed by atoms with Gasteiger partial charge in [0.15, 0.2) is 5.82 Å². The van der Waals surface area contributed by atoms with Crippen molar-refractivity contribution in [2.24, 2.45) is 5.92 Å². The number of fused-ring (bicyclic) bond motifs is 4. The van der Waals surface area contributed by atoms with E-state index in [1.807, 2.05) is 0 Å². The van der Waals surface area contributed by atoms with Gasteiger partial charge < -0.3 is 20.1 Å². The maximum atomic E-state index is 16.7. The number of hydrogen-bond donors (Lipinski definition) is 2. The van der Waals surface area contributed by atoms with Crippen molar-refractivity contribution < 1.29 is 18.6 Å². The largest absolute Gasteiger partial charge is 0.508 e. The summed E-state index contributed by atoms with van der Waals surface area (Å²) in [5, 5.41) is 15.0. The molecule has 4 saturated heterocycles. The van der Waals surface area contributed by atoms with Crippen LogP contribution in [0.15, 0.2) is 18.3 Å². The molecule has 5 fully saturated rings. The molecule has 1 aromatic carbocycles. The second-order valence-corrected chi connectivity index (χ2v) is 13.5. The number of pyridine rings is 1. The Kier molecular flexibility index (Phi) is 6.28. The lowest BCUT2D eigenvalue weighted by molar-refractivity contribution is 0.107. The van der Waals surface area contributed by atoms with Crippen LogP contribution in [0.1, 0.15) is 56.9 Å². The molecule has 0 unspecified atom stereocenters. The molecule has 222 valence electrons. The number of hydrogen-bond acceptors (Lipinski definition) is 8. The minimum atomic E-state index is -0.873. The molecule has 2 aromatic heterocycles. The van der Waals surface area contributed by atoms with E-state index in [4.69, 9.17) is 21.3 Å². The number of anilines is 1. The van der Waals surface area contributed by atoms with Crippen LogP contribution >= 0.6 is 11.6 Å². The van der Waals surface area contributed by atoms with Gasteiger partial charge in [0, 0.05) is 54.9 Å². The third-order valence-electron chi connectivity index (χ3n) is 10.2. The third-order valence-corrected chi connectivity index (χ3v) is 10.6. The molecule has 5 aliphatic rings. The maximum Gasteiger partial charge on any atom is 0.319 e. The van der Waals surface area contributed by atoms with Crippen molar-refractivity contribution in [3.8, 4) is 23.0 Å². The molecule has 2 bridgehead atoms. The topological polar surface area (TPSA) is 86.6 Å². The molecule has 4 aliphatic heterocycles. The summed E-state index contributed by atoms with van der Waals surface area (Å²) >= 11 is 6.60. The predicted molar refractivity (Wildman–Crippen MR) is 157 cm³/mol. The van der Waals surface area contributed by atoms with Gasteiger partial charge in [-0.15, -0.1) is 0 Å². The van der Waals surface area contributed by atoms with Gasteiger partial charge >= 0.3 is 6.01 Å². The smallest absolute Gasteiger partial charge is 0.319 e. The maximum absolute atomic E-state index is 16.7. The minimum Gasteiger partial charge on any atom is -0.508 e. The Labute approximate surface area is 248 Å². The Morgan fingerprint density at radius 1 is 1.19 bits per heavy atom. The highest BCUT2D eigenvalue weighted by Gasteiger charge is 2.49. The summed E-state index contributed by atoms with van der Waals surface area (Å²) in [5.41, 5.74) is 1.14. The standard InChI is InChI=1S/C31H35ClF2N6O2/c1-16-7-21(16)25-22(8-20(41)9-24(25)32)27-26(34)28-23(11-35-27)29(39-13-18-3-4-19(14-39)36-18)38-30(37-28)42-15-31-5-2-6-40(31)12-17(33)10-31/h8-9,11,16-19,21,36,41H,2-7,10,12-15H2,1H3/t16-,17-,18-,19+,21+,31+/m1/s1. The van der Waals surface area contributed by atoms with Gasteiger partial charge in [0.2, 0.25) is 0 Å². The van der Waals surface area contributed by atoms with Crippen LogP contribution < -0.4 is 15.0 Å². The van der Waals surface area contributed by atoms with E-state index in [0.717, 1.165) is 57.3 Å². The van der Waals surface area contributed by atoms with Crippen LogP contribution in [0.3, 0.4) is 0 Å². The second-order valence-electron chi connectivity index (χ2n) is 13.1. The summed E-state index contributed by atoms with van der Waals surface area (Å²) in [5.74, 6) is 0.564. The van der Waals surface area contributed by atoms with Gasteiger partial charge in [0.25, 0.3) is 0 Å². The minimum absolute atomic E-state index is 0.0415. The number of benzene rings is 1. The number of aromatic nitrogens is 3. The predicted octanol–water partition coefficient (Wildman–Crippen LogP) is 5.21. The van der Waals surface area contributed by atoms with Crippen molar-refractivity contribution >= 4 is 28.3 Å². The Morgan fingerprint density at radius 2 is 1.98 bits per heavy atom. The van der Waals surface area contributed by atoms with E-state index in [0.29, 0.717) is 52.8 Å². The van der Waals surface area contributed by atoms with E-state index in [1.165, 1.54) is 6.07 Å². The van der Waals surface area contributed by atoms with Crippen LogP contribution in [0.2, 0.25) is 5.02 Å². The van der Waals surface area contributed by atoms with Gasteiger partial charge in [-0.2, -0.15) is 9.97 Å². The zero-order chi connectivity index (χ0) is 28.7. The average Bonchev–Trinajstić information content (AvgIpc) is 3.22. The van der Waals surface area contributed by atoms with Gasteiger partial charge in [-0.1, -0.05) is 18.5 Å². The highest BCUT2D eigenvalue weighted by Crippen LogP contribution is 2.53. The molecule has 1 aliphatic carbocycles. The fraction of sp³-hybridized carbons (Fsp3) is 0.581. The molecule has 0 radical (unpaired) electrons. The molecule has 2 N–H and O–H groups in total. The molecule has 8 rings (SSSR count). The fourth-order valence-electron chi connectivity index (χ4n) is 8.03. The SMILES string of the molecule is C[C@@H]1C[C@@H]1c1c(Cl)cc(O)cc1-c1ncc2c(N3C[C@H]4CC[C@@H](C3)N4)nc(OC[C@@]34CCCN3C[C@H](F)C4)nc2c1F. The highest BCUT2D eigenvalue weighted by molar-refractivity contribution is 6.32. The van der Waals surface area contributed by atoms with Gasteiger partial charge in [-0.3, -0.25) is 9.88 Å². The highest BCUT2D eigenvalue weighted by atomic mass is 35.5. The first-order valence-corrected chi connectivity index (χ1v) is 15.6. The van der Waals surface area contributed by atoms with Crippen molar-refractivity contribution in [2.45, 2.75) is 75.2 Å². The van der Waals surface area contributed by atoms with Crippen LogP contribution in [0, 0.1) is 11.7 Å². The summed E-state index contributed by atoms with van der Waals surface area (Å²) in [7, 11) is 0. The van der Waals surface area contributed by atoms with Gasteiger partial charge in [0.1, 0.15) is 35.6 Å². The van der Waals surface area contributed by atoms with Crippen LogP contribution in [0.4, 0.5) is 14.6 Å². The lowest BCUT2D eigenvalue weighted by Crippen LogP contribution is -2.51. The number of nitrogens with one attached hydrogen (secondary N) is 1. The van der Waals surface area contributed by atoms with Crippen LogP contribution in [0.25, 0.3) is 22.2 Å². The first-order valence-electron chi connectivity index (χ1n) is 15.2. The number of halogens is 3. The molecular weight excluding hydrogens is 562 g/mol. The monoisotopic (exact) mass is 596 g/mol. The van der Waals surface area contributed by atoms with E-state index in [-0.39, 0.29) is 41.0 Å². The van der Waals surface area contributed by atoms with E-state index >= 15 is 4.39 Å². The first kappa shape index (κ1) is 26.8. The molecule has 1 saturated carbocycles. The van der Waals surface area contributed by atoms with Crippen molar-refractivity contribution in [3.63, 3.8) is 0 Å². The molecule has 11 heteroatoms. The normalized spacial score (nSPS) is 32.1. The number of phenolic OH excluding ortho intramolecular Hbond substituents is 1. The number of aromatic hydroxyl groups is 1. The van der Waals surface area contributed by atoms with E-state index in [1.54, 1.807) is 12.3 Å². The molecule has 0 amide bonds. The average molecular weight is 597 g/mol. The lowest BCUT2D eigenvalue weighted by atomic mass is 9.95. The number of alkyl halides is 1. The molecule has 6 heterocycles. The third kappa shape index (κ3) is 4.40. The van der Waals surface area contributed by atoms with Crippen molar-refractivity contribution in [3.05, 3.63) is 34.7 Å². The summed E-state index contributed by atoms with van der Waals surface area (Å²) < 4.78 is 37.3. The van der Waals surface area contributed by atoms with Crippen LogP contribution in [0.5, 0.6) is 11.8 Å². The van der Waals surface area contributed by atoms with E-state index < -0.39 is 12.0 Å². The lowest BCUT2D eigenvalue weighted by Gasteiger charge is -2.34. The van der Waals surface area contributed by atoms with Crippen molar-refractivity contribution in [1.29, 1.82) is 0 Å². The molecule has 8 nitrogen and oxygen atoms in total. The second kappa shape index (κ2) is 9.86. The van der Waals surface area contributed by atoms with E-state index in [9.17, 15) is 9.50 Å². The Bertz CT molecular complexity index is 1560. The number of nitrogens with zero attached hydrogens (tertiary/aromatic N) is 5. The molecular formula is C31H35ClF2N6O2. The quantitative estimate of drug-likeness (QED) is 0.401. The molecule has 3 aromatic rings. The van der Waals surface area contributed by atoms with Crippen molar-refractivity contribution in [2.75, 3.05) is 37.7 Å². The van der Waals surface area contributed by atoms with Gasteiger partial charge in [0.05, 0.1) is 10.9 Å².